The van der Waals surface area contributed by atoms with Gasteiger partial charge < -0.3 is 9.30 Å². The molecule has 0 bridgehead atoms. The van der Waals surface area contributed by atoms with Crippen LogP contribution in [0.3, 0.4) is 0 Å². The van der Waals surface area contributed by atoms with E-state index < -0.39 is 4.33 Å². The fourth-order valence-electron chi connectivity index (χ4n) is 2.81. The molecule has 1 aliphatic rings. The maximum atomic E-state index is 6.20. The van der Waals surface area contributed by atoms with Gasteiger partial charge in [0.1, 0.15) is 22.5 Å². The fraction of sp³-hybridized carbons (Fsp3) is 0.278. The first-order chi connectivity index (χ1) is 11.5. The number of halogens is 3. The molecular formula is C18H15Cl3N2O. The summed E-state index contributed by atoms with van der Waals surface area (Å²) in [5, 5.41) is 0.684. The lowest BCUT2D eigenvalue weighted by atomic mass is 10.3. The van der Waals surface area contributed by atoms with Crippen molar-refractivity contribution in [1.82, 2.24) is 9.55 Å². The van der Waals surface area contributed by atoms with Crippen molar-refractivity contribution in [3.05, 3.63) is 59.4 Å². The Morgan fingerprint density at radius 3 is 2.54 bits per heavy atom. The molecule has 1 aromatic heterocycles. The Bertz CT molecular complexity index is 874. The van der Waals surface area contributed by atoms with Crippen molar-refractivity contribution in [3.8, 4) is 5.75 Å². The number of alkyl halides is 2. The number of hydrogen-bond donors (Lipinski definition) is 0. The number of aromatic nitrogens is 2. The van der Waals surface area contributed by atoms with Crippen LogP contribution in [0.15, 0.2) is 48.5 Å². The zero-order valence-corrected chi connectivity index (χ0v) is 15.0. The first-order valence-corrected chi connectivity index (χ1v) is 8.87. The van der Waals surface area contributed by atoms with Crippen molar-refractivity contribution in [2.75, 3.05) is 0 Å². The first-order valence-electron chi connectivity index (χ1n) is 7.73. The SMILES string of the molecule is Clc1ccc(OCc2nc3ccccc3n2C[C@H]2CC2(Cl)Cl)cc1. The normalized spacial score (nSPS) is 18.7. The lowest BCUT2D eigenvalue weighted by Gasteiger charge is -2.11. The molecule has 0 N–H and O–H groups in total. The van der Waals surface area contributed by atoms with Crippen molar-refractivity contribution < 1.29 is 4.74 Å². The van der Waals surface area contributed by atoms with Gasteiger partial charge in [0.25, 0.3) is 0 Å². The van der Waals surface area contributed by atoms with Crippen LogP contribution in [-0.4, -0.2) is 13.9 Å². The van der Waals surface area contributed by atoms with Crippen LogP contribution >= 0.6 is 34.8 Å². The second kappa shape index (κ2) is 6.14. The molecule has 1 fully saturated rings. The van der Waals surface area contributed by atoms with Gasteiger partial charge in [-0.3, -0.25) is 0 Å². The van der Waals surface area contributed by atoms with E-state index in [-0.39, 0.29) is 5.92 Å². The zero-order chi connectivity index (χ0) is 16.7. The largest absolute Gasteiger partial charge is 0.486 e. The second-order valence-electron chi connectivity index (χ2n) is 6.03. The summed E-state index contributed by atoms with van der Waals surface area (Å²) >= 11 is 18.3. The third kappa shape index (κ3) is 3.21. The Balaban J connectivity index is 1.60. The summed E-state index contributed by atoms with van der Waals surface area (Å²) in [6, 6.07) is 15.3. The van der Waals surface area contributed by atoms with Crippen LogP contribution in [0, 0.1) is 5.92 Å². The fourth-order valence-corrected chi connectivity index (χ4v) is 3.44. The van der Waals surface area contributed by atoms with Gasteiger partial charge in [-0.2, -0.15) is 0 Å². The highest BCUT2D eigenvalue weighted by Crippen LogP contribution is 2.54. The van der Waals surface area contributed by atoms with Gasteiger partial charge in [0.05, 0.1) is 11.0 Å². The summed E-state index contributed by atoms with van der Waals surface area (Å²) in [4.78, 5) is 4.70. The van der Waals surface area contributed by atoms with E-state index in [4.69, 9.17) is 44.5 Å². The predicted octanol–water partition coefficient (Wildman–Crippen LogP) is 5.46. The summed E-state index contributed by atoms with van der Waals surface area (Å²) < 4.78 is 7.41. The summed E-state index contributed by atoms with van der Waals surface area (Å²) in [6.07, 6.45) is 0.806. The molecule has 1 saturated carbocycles. The van der Waals surface area contributed by atoms with Gasteiger partial charge in [0.2, 0.25) is 0 Å². The van der Waals surface area contributed by atoms with E-state index in [1.807, 2.05) is 30.3 Å². The lowest BCUT2D eigenvalue weighted by Crippen LogP contribution is -2.10. The lowest BCUT2D eigenvalue weighted by molar-refractivity contribution is 0.289. The van der Waals surface area contributed by atoms with E-state index in [2.05, 4.69) is 10.6 Å². The van der Waals surface area contributed by atoms with Crippen molar-refractivity contribution >= 4 is 45.8 Å². The van der Waals surface area contributed by atoms with E-state index in [9.17, 15) is 0 Å². The number of hydrogen-bond acceptors (Lipinski definition) is 2. The minimum absolute atomic E-state index is 0.243. The van der Waals surface area contributed by atoms with E-state index in [1.54, 1.807) is 12.1 Å². The molecule has 2 aromatic carbocycles. The average molecular weight is 382 g/mol. The van der Waals surface area contributed by atoms with Gasteiger partial charge in [0, 0.05) is 17.5 Å². The smallest absolute Gasteiger partial charge is 0.148 e. The highest BCUT2D eigenvalue weighted by atomic mass is 35.5. The first kappa shape index (κ1) is 16.1. The Morgan fingerprint density at radius 2 is 1.83 bits per heavy atom. The average Bonchev–Trinajstić information content (AvgIpc) is 3.01. The van der Waals surface area contributed by atoms with E-state index in [0.717, 1.165) is 35.6 Å². The molecule has 1 aliphatic carbocycles. The number of para-hydroxylation sites is 2. The molecule has 24 heavy (non-hydrogen) atoms. The maximum absolute atomic E-state index is 6.20. The molecule has 1 atom stereocenters. The predicted molar refractivity (Wildman–Crippen MR) is 98.1 cm³/mol. The van der Waals surface area contributed by atoms with Crippen molar-refractivity contribution in [2.45, 2.75) is 23.9 Å². The van der Waals surface area contributed by atoms with E-state index in [1.165, 1.54) is 0 Å². The molecule has 4 rings (SSSR count). The summed E-state index contributed by atoms with van der Waals surface area (Å²) in [7, 11) is 0. The van der Waals surface area contributed by atoms with Crippen LogP contribution in [0.5, 0.6) is 5.75 Å². The number of benzene rings is 2. The van der Waals surface area contributed by atoms with Crippen molar-refractivity contribution in [2.24, 2.45) is 5.92 Å². The molecule has 1 heterocycles. The van der Waals surface area contributed by atoms with Gasteiger partial charge in [0.15, 0.2) is 0 Å². The summed E-state index contributed by atoms with van der Waals surface area (Å²) in [5.74, 6) is 1.86. The molecule has 0 radical (unpaired) electrons. The molecule has 6 heteroatoms. The van der Waals surface area contributed by atoms with Gasteiger partial charge in [-0.1, -0.05) is 23.7 Å². The molecule has 124 valence electrons. The molecular weight excluding hydrogens is 367 g/mol. The summed E-state index contributed by atoms with van der Waals surface area (Å²) in [5.41, 5.74) is 2.02. The van der Waals surface area contributed by atoms with Crippen LogP contribution in [0.2, 0.25) is 5.02 Å². The quantitative estimate of drug-likeness (QED) is 0.548. The number of fused-ring (bicyclic) bond motifs is 1. The topological polar surface area (TPSA) is 27.1 Å². The Kier molecular flexibility index (Phi) is 4.11. The molecule has 0 saturated heterocycles. The second-order valence-corrected chi connectivity index (χ2v) is 8.01. The standard InChI is InChI=1S/C18H15Cl3N2O/c19-13-5-7-14(8-6-13)24-11-17-22-15-3-1-2-4-16(15)23(17)10-12-9-18(12,20)21/h1-8,12H,9-11H2/t12-/m1/s1. The van der Waals surface area contributed by atoms with Crippen LogP contribution in [-0.2, 0) is 13.2 Å². The number of nitrogens with zero attached hydrogens (tertiary/aromatic N) is 2. The summed E-state index contributed by atoms with van der Waals surface area (Å²) in [6.45, 7) is 1.12. The van der Waals surface area contributed by atoms with Gasteiger partial charge >= 0.3 is 0 Å². The van der Waals surface area contributed by atoms with Crippen LogP contribution in [0.1, 0.15) is 12.2 Å². The van der Waals surface area contributed by atoms with Crippen LogP contribution in [0.25, 0.3) is 11.0 Å². The van der Waals surface area contributed by atoms with Gasteiger partial charge in [-0.05, 0) is 42.8 Å². The monoisotopic (exact) mass is 380 g/mol. The Morgan fingerprint density at radius 1 is 1.12 bits per heavy atom. The van der Waals surface area contributed by atoms with Gasteiger partial charge in [-0.15, -0.1) is 23.2 Å². The number of rotatable bonds is 5. The van der Waals surface area contributed by atoms with Crippen molar-refractivity contribution in [3.63, 3.8) is 0 Å². The molecule has 0 aliphatic heterocycles. The Labute approximate surface area is 155 Å². The molecule has 3 nitrogen and oxygen atoms in total. The maximum Gasteiger partial charge on any atom is 0.148 e. The molecule has 0 unspecified atom stereocenters. The molecule has 3 aromatic rings. The highest BCUT2D eigenvalue weighted by molar-refractivity contribution is 6.50. The number of ether oxygens (including phenoxy) is 1. The third-order valence-corrected chi connectivity index (χ3v) is 5.45. The minimum Gasteiger partial charge on any atom is -0.486 e. The van der Waals surface area contributed by atoms with Crippen LogP contribution in [0.4, 0.5) is 0 Å². The number of imidazole rings is 1. The zero-order valence-electron chi connectivity index (χ0n) is 12.8. The highest BCUT2D eigenvalue weighted by Gasteiger charge is 2.51. The van der Waals surface area contributed by atoms with Gasteiger partial charge in [-0.25, -0.2) is 4.98 Å². The Hall–Kier alpha value is -1.42. The minimum atomic E-state index is -0.611. The molecule has 0 spiro atoms. The molecule has 0 amide bonds. The van der Waals surface area contributed by atoms with E-state index >= 15 is 0 Å². The van der Waals surface area contributed by atoms with Crippen molar-refractivity contribution in [1.29, 1.82) is 0 Å². The third-order valence-electron chi connectivity index (χ3n) is 4.27. The van der Waals surface area contributed by atoms with Crippen LogP contribution < -0.4 is 4.74 Å². The van der Waals surface area contributed by atoms with E-state index in [0.29, 0.717) is 11.6 Å².